The molecule has 1 fully saturated rings. The number of nitrogens with one attached hydrogen (secondary N) is 1. The first-order valence-corrected chi connectivity index (χ1v) is 13.2. The van der Waals surface area contributed by atoms with Crippen LogP contribution in [0.5, 0.6) is 0 Å². The Morgan fingerprint density at radius 2 is 1.75 bits per heavy atom. The Hall–Kier alpha value is -3.41. The summed E-state index contributed by atoms with van der Waals surface area (Å²) in [6, 6.07) is 15.2. The van der Waals surface area contributed by atoms with E-state index in [2.05, 4.69) is 5.10 Å². The topological polar surface area (TPSA) is 75.2 Å². The van der Waals surface area contributed by atoms with E-state index in [0.29, 0.717) is 30.3 Å². The van der Waals surface area contributed by atoms with E-state index in [1.165, 1.54) is 30.4 Å². The van der Waals surface area contributed by atoms with E-state index in [0.717, 1.165) is 29.5 Å². The van der Waals surface area contributed by atoms with Crippen LogP contribution in [-0.4, -0.2) is 39.5 Å². The second kappa shape index (κ2) is 11.5. The largest absolute Gasteiger partial charge is 0.335 e. The Kier molecular flexibility index (Phi) is 8.24. The number of aryl methyl sites for hydroxylation is 1. The molecule has 3 aromatic rings. The summed E-state index contributed by atoms with van der Waals surface area (Å²) in [6.07, 6.45) is 6.99. The van der Waals surface area contributed by atoms with Gasteiger partial charge in [0, 0.05) is 18.5 Å². The summed E-state index contributed by atoms with van der Waals surface area (Å²) in [5.74, 6) is 0.290. The van der Waals surface area contributed by atoms with Gasteiger partial charge >= 0.3 is 0 Å². The van der Waals surface area contributed by atoms with Gasteiger partial charge in [-0.3, -0.25) is 19.5 Å². The lowest BCUT2D eigenvalue weighted by atomic mass is 10.0. The lowest BCUT2D eigenvalue weighted by Gasteiger charge is -2.22. The maximum absolute atomic E-state index is 13.7. The summed E-state index contributed by atoms with van der Waals surface area (Å²) >= 11 is 0. The molecule has 0 spiro atoms. The van der Waals surface area contributed by atoms with Gasteiger partial charge in [0.15, 0.2) is 5.78 Å². The fraction of sp³-hybridized carbons (Fsp3) is 0.433. The molecule has 1 aliphatic carbocycles. The van der Waals surface area contributed by atoms with Gasteiger partial charge in [-0.15, -0.1) is 0 Å². The van der Waals surface area contributed by atoms with Crippen LogP contribution in [0.4, 0.5) is 0 Å². The number of nitrogens with zero attached hydrogens (tertiary/aromatic N) is 2. The van der Waals surface area contributed by atoms with Crippen molar-refractivity contribution in [3.63, 3.8) is 0 Å². The summed E-state index contributed by atoms with van der Waals surface area (Å²) in [4.78, 5) is 42.1. The highest BCUT2D eigenvalue weighted by Gasteiger charge is 2.27. The number of rotatable bonds is 10. The van der Waals surface area contributed by atoms with Crippen LogP contribution < -0.4 is 5.56 Å². The molecule has 0 bridgehead atoms. The van der Waals surface area contributed by atoms with Crippen molar-refractivity contribution in [1.82, 2.24) is 14.7 Å². The van der Waals surface area contributed by atoms with E-state index in [-0.39, 0.29) is 29.4 Å². The number of aromatic amines is 1. The van der Waals surface area contributed by atoms with Gasteiger partial charge in [0.25, 0.3) is 5.56 Å². The van der Waals surface area contributed by atoms with Crippen molar-refractivity contribution < 1.29 is 9.59 Å². The minimum atomic E-state index is -0.387. The second-order valence-corrected chi connectivity index (χ2v) is 10.0. The zero-order valence-corrected chi connectivity index (χ0v) is 21.7. The van der Waals surface area contributed by atoms with Crippen molar-refractivity contribution in [1.29, 1.82) is 0 Å². The van der Waals surface area contributed by atoms with Gasteiger partial charge in [-0.05, 0) is 49.8 Å². The van der Waals surface area contributed by atoms with E-state index in [9.17, 15) is 14.4 Å². The molecule has 0 unspecified atom stereocenters. The number of Topliss-reactive ketones (excluding diaryl/α,β-unsaturated/α-hetero) is 1. The second-order valence-electron chi connectivity index (χ2n) is 10.0. The van der Waals surface area contributed by atoms with Gasteiger partial charge in [-0.2, -0.15) is 0 Å². The normalized spacial score (nSPS) is 13.8. The first kappa shape index (κ1) is 25.7. The van der Waals surface area contributed by atoms with Crippen molar-refractivity contribution in [2.75, 3.05) is 13.1 Å². The molecule has 6 heteroatoms. The van der Waals surface area contributed by atoms with Crippen LogP contribution in [0.15, 0.2) is 53.3 Å². The zero-order chi connectivity index (χ0) is 25.7. The van der Waals surface area contributed by atoms with Crippen molar-refractivity contribution in [3.8, 4) is 16.9 Å². The number of H-pyrrole nitrogens is 1. The maximum Gasteiger partial charge on any atom is 0.282 e. The van der Waals surface area contributed by atoms with E-state index in [1.807, 2.05) is 69.3 Å². The number of ketones is 1. The smallest absolute Gasteiger partial charge is 0.282 e. The van der Waals surface area contributed by atoms with Gasteiger partial charge in [0.05, 0.1) is 17.9 Å². The van der Waals surface area contributed by atoms with Crippen LogP contribution >= 0.6 is 0 Å². The maximum atomic E-state index is 13.7. The lowest BCUT2D eigenvalue weighted by Crippen LogP contribution is -2.37. The van der Waals surface area contributed by atoms with Gasteiger partial charge in [-0.1, -0.05) is 75.1 Å². The Morgan fingerprint density at radius 3 is 2.44 bits per heavy atom. The van der Waals surface area contributed by atoms with Crippen LogP contribution in [0.3, 0.4) is 0 Å². The van der Waals surface area contributed by atoms with Crippen LogP contribution in [0, 0.1) is 19.8 Å². The molecule has 4 rings (SSSR count). The molecule has 1 aliphatic rings. The molecular weight excluding hydrogens is 450 g/mol. The molecule has 2 aromatic carbocycles. The summed E-state index contributed by atoms with van der Waals surface area (Å²) < 4.78 is 1.46. The SMILES string of the molecule is CCCN(CC(=O)c1c(-c2ccccc2)[nH]n(-c2cccc(C)c2C)c1=O)C(=O)CCC1CCCC1. The Bertz CT molecular complexity index is 1270. The molecule has 1 heterocycles. The average molecular weight is 488 g/mol. The van der Waals surface area contributed by atoms with E-state index < -0.39 is 0 Å². The standard InChI is InChI=1S/C30H37N3O3/c1-4-19-32(27(35)18-17-23-12-8-9-13-23)20-26(34)28-29(24-14-6-5-7-15-24)31-33(30(28)36)25-16-10-11-21(2)22(25)3/h5-7,10-11,14-16,23,31H,4,8-9,12-13,17-20H2,1-3H3. The van der Waals surface area contributed by atoms with E-state index in [4.69, 9.17) is 0 Å². The number of aromatic nitrogens is 2. The molecule has 6 nitrogen and oxygen atoms in total. The molecule has 0 saturated heterocycles. The van der Waals surface area contributed by atoms with E-state index >= 15 is 0 Å². The number of benzene rings is 2. The summed E-state index contributed by atoms with van der Waals surface area (Å²) in [7, 11) is 0. The van der Waals surface area contributed by atoms with Crippen LogP contribution in [0.2, 0.25) is 0 Å². The number of hydrogen-bond donors (Lipinski definition) is 1. The van der Waals surface area contributed by atoms with Crippen molar-refractivity contribution in [2.24, 2.45) is 5.92 Å². The van der Waals surface area contributed by atoms with Crippen molar-refractivity contribution >= 4 is 11.7 Å². The van der Waals surface area contributed by atoms with Crippen molar-refractivity contribution in [3.05, 3.63) is 75.6 Å². The molecule has 1 saturated carbocycles. The molecule has 36 heavy (non-hydrogen) atoms. The zero-order valence-electron chi connectivity index (χ0n) is 21.7. The fourth-order valence-electron chi connectivity index (χ4n) is 5.26. The molecule has 0 radical (unpaired) electrons. The number of carbonyl (C=O) groups is 2. The van der Waals surface area contributed by atoms with Gasteiger partial charge in [-0.25, -0.2) is 4.68 Å². The predicted molar refractivity (Wildman–Crippen MR) is 144 cm³/mol. The monoisotopic (exact) mass is 487 g/mol. The molecule has 1 aromatic heterocycles. The molecule has 1 N–H and O–H groups in total. The molecule has 1 amide bonds. The van der Waals surface area contributed by atoms with Crippen molar-refractivity contribution in [2.45, 2.75) is 65.7 Å². The quantitative estimate of drug-likeness (QED) is 0.365. The summed E-state index contributed by atoms with van der Waals surface area (Å²) in [6.45, 7) is 6.38. The summed E-state index contributed by atoms with van der Waals surface area (Å²) in [5.41, 5.74) is 3.71. The first-order valence-electron chi connectivity index (χ1n) is 13.2. The van der Waals surface area contributed by atoms with Gasteiger partial charge in [0.2, 0.25) is 5.91 Å². The minimum absolute atomic E-state index is 0.00347. The molecule has 0 aliphatic heterocycles. The van der Waals surface area contributed by atoms with Crippen LogP contribution in [-0.2, 0) is 4.79 Å². The van der Waals surface area contributed by atoms with E-state index in [1.54, 1.807) is 4.90 Å². The highest BCUT2D eigenvalue weighted by atomic mass is 16.2. The van der Waals surface area contributed by atoms with Crippen LogP contribution in [0.1, 0.15) is 73.4 Å². The Labute approximate surface area is 213 Å². The lowest BCUT2D eigenvalue weighted by molar-refractivity contribution is -0.131. The number of hydrogen-bond acceptors (Lipinski definition) is 3. The Balaban J connectivity index is 1.67. The molecule has 0 atom stereocenters. The third-order valence-corrected chi connectivity index (χ3v) is 7.47. The highest BCUT2D eigenvalue weighted by Crippen LogP contribution is 2.29. The minimum Gasteiger partial charge on any atom is -0.335 e. The summed E-state index contributed by atoms with van der Waals surface area (Å²) in [5, 5.41) is 3.21. The first-order chi connectivity index (χ1) is 17.4. The highest BCUT2D eigenvalue weighted by molar-refractivity contribution is 6.03. The predicted octanol–water partition coefficient (Wildman–Crippen LogP) is 5.84. The van der Waals surface area contributed by atoms with Gasteiger partial charge in [0.1, 0.15) is 5.56 Å². The average Bonchev–Trinajstić information content (AvgIpc) is 3.52. The molecule has 190 valence electrons. The molecular formula is C30H37N3O3. The fourth-order valence-corrected chi connectivity index (χ4v) is 5.26. The number of carbonyl (C=O) groups excluding carboxylic acids is 2. The van der Waals surface area contributed by atoms with Gasteiger partial charge < -0.3 is 4.90 Å². The Morgan fingerprint density at radius 1 is 1.03 bits per heavy atom. The number of amides is 1. The van der Waals surface area contributed by atoms with Crippen LogP contribution in [0.25, 0.3) is 16.9 Å². The third kappa shape index (κ3) is 5.53. The third-order valence-electron chi connectivity index (χ3n) is 7.47.